The number of pyridine rings is 1. The van der Waals surface area contributed by atoms with Gasteiger partial charge in [0.05, 0.1) is 0 Å². The molecular formula is C14H24N4. The summed E-state index contributed by atoms with van der Waals surface area (Å²) in [6.07, 6.45) is 4.98. The highest BCUT2D eigenvalue weighted by atomic mass is 15.2. The second kappa shape index (κ2) is 6.83. The van der Waals surface area contributed by atoms with Gasteiger partial charge in [0.15, 0.2) is 0 Å². The highest BCUT2D eigenvalue weighted by molar-refractivity contribution is 5.07. The molecule has 0 spiro atoms. The lowest BCUT2D eigenvalue weighted by atomic mass is 10.1. The van der Waals surface area contributed by atoms with Gasteiger partial charge in [-0.2, -0.15) is 0 Å². The highest BCUT2D eigenvalue weighted by Gasteiger charge is 2.16. The zero-order chi connectivity index (χ0) is 12.8. The summed E-state index contributed by atoms with van der Waals surface area (Å²) in [5.74, 6) is 0. The lowest BCUT2D eigenvalue weighted by Crippen LogP contribution is -2.49. The quantitative estimate of drug-likeness (QED) is 0.835. The van der Waals surface area contributed by atoms with E-state index < -0.39 is 0 Å². The molecule has 1 aromatic rings. The summed E-state index contributed by atoms with van der Waals surface area (Å²) >= 11 is 0. The minimum Gasteiger partial charge on any atom is -0.311 e. The minimum absolute atomic E-state index is 0.639. The predicted molar refractivity (Wildman–Crippen MR) is 74.5 cm³/mol. The zero-order valence-electron chi connectivity index (χ0n) is 11.5. The Hall–Kier alpha value is -0.970. The van der Waals surface area contributed by atoms with Crippen LogP contribution in [-0.4, -0.2) is 61.1 Å². The second-order valence-electron chi connectivity index (χ2n) is 5.30. The molecule has 1 saturated heterocycles. The molecular weight excluding hydrogens is 224 g/mol. The molecule has 1 atom stereocenters. The first kappa shape index (κ1) is 13.5. The van der Waals surface area contributed by atoms with Gasteiger partial charge in [-0.3, -0.25) is 4.98 Å². The van der Waals surface area contributed by atoms with Crippen molar-refractivity contribution in [1.82, 2.24) is 20.1 Å². The fraction of sp³-hybridized carbons (Fsp3) is 0.643. The zero-order valence-corrected chi connectivity index (χ0v) is 11.5. The average Bonchev–Trinajstić information content (AvgIpc) is 2.38. The van der Waals surface area contributed by atoms with E-state index in [2.05, 4.69) is 40.3 Å². The van der Waals surface area contributed by atoms with Crippen molar-refractivity contribution < 1.29 is 0 Å². The Morgan fingerprint density at radius 3 is 3.17 bits per heavy atom. The number of rotatable bonds is 5. The van der Waals surface area contributed by atoms with Crippen molar-refractivity contribution in [2.75, 3.05) is 40.3 Å². The van der Waals surface area contributed by atoms with Crippen LogP contribution in [0.25, 0.3) is 0 Å². The van der Waals surface area contributed by atoms with Crippen LogP contribution >= 0.6 is 0 Å². The van der Waals surface area contributed by atoms with E-state index in [9.17, 15) is 0 Å². The lowest BCUT2D eigenvalue weighted by molar-refractivity contribution is 0.212. The van der Waals surface area contributed by atoms with E-state index in [4.69, 9.17) is 0 Å². The Morgan fingerprint density at radius 1 is 1.56 bits per heavy atom. The van der Waals surface area contributed by atoms with Gasteiger partial charge in [0.2, 0.25) is 0 Å². The third-order valence-corrected chi connectivity index (χ3v) is 3.49. The number of hydrogen-bond acceptors (Lipinski definition) is 4. The molecule has 1 unspecified atom stereocenters. The minimum atomic E-state index is 0.639. The fourth-order valence-corrected chi connectivity index (χ4v) is 2.44. The SMILES string of the molecule is CN(CCC1CN(C)CCN1)Cc1cccnc1. The molecule has 4 heteroatoms. The summed E-state index contributed by atoms with van der Waals surface area (Å²) in [6, 6.07) is 4.77. The van der Waals surface area contributed by atoms with Crippen LogP contribution in [-0.2, 0) is 6.54 Å². The highest BCUT2D eigenvalue weighted by Crippen LogP contribution is 2.05. The predicted octanol–water partition coefficient (Wildman–Crippen LogP) is 0.807. The van der Waals surface area contributed by atoms with Crippen LogP contribution in [0.1, 0.15) is 12.0 Å². The summed E-state index contributed by atoms with van der Waals surface area (Å²) < 4.78 is 0. The van der Waals surface area contributed by atoms with Gasteiger partial charge in [-0.15, -0.1) is 0 Å². The van der Waals surface area contributed by atoms with Crippen molar-refractivity contribution in [3.63, 3.8) is 0 Å². The van der Waals surface area contributed by atoms with Gasteiger partial charge in [0.1, 0.15) is 0 Å². The lowest BCUT2D eigenvalue weighted by Gasteiger charge is -2.32. The standard InChI is InChI=1S/C14H24N4/c1-17(11-13-4-3-6-15-10-13)8-5-14-12-18(2)9-7-16-14/h3-4,6,10,14,16H,5,7-9,11-12H2,1-2H3. The molecule has 0 radical (unpaired) electrons. The molecule has 100 valence electrons. The van der Waals surface area contributed by atoms with Gasteiger partial charge in [-0.05, 0) is 38.7 Å². The van der Waals surface area contributed by atoms with E-state index in [0.29, 0.717) is 6.04 Å². The number of aromatic nitrogens is 1. The third kappa shape index (κ3) is 4.37. The Kier molecular flexibility index (Phi) is 5.11. The molecule has 2 rings (SSSR count). The smallest absolute Gasteiger partial charge is 0.0312 e. The molecule has 1 N–H and O–H groups in total. The Morgan fingerprint density at radius 2 is 2.44 bits per heavy atom. The van der Waals surface area contributed by atoms with E-state index in [0.717, 1.165) is 19.6 Å². The fourth-order valence-electron chi connectivity index (χ4n) is 2.44. The van der Waals surface area contributed by atoms with Crippen LogP contribution in [0.15, 0.2) is 24.5 Å². The molecule has 0 amide bonds. The van der Waals surface area contributed by atoms with Crippen molar-refractivity contribution in [3.8, 4) is 0 Å². The number of hydrogen-bond donors (Lipinski definition) is 1. The molecule has 0 bridgehead atoms. The van der Waals surface area contributed by atoms with Gasteiger partial charge >= 0.3 is 0 Å². The summed E-state index contributed by atoms with van der Waals surface area (Å²) in [4.78, 5) is 8.93. The maximum atomic E-state index is 4.15. The van der Waals surface area contributed by atoms with E-state index >= 15 is 0 Å². The van der Waals surface area contributed by atoms with Crippen molar-refractivity contribution in [1.29, 1.82) is 0 Å². The average molecular weight is 248 g/mol. The second-order valence-corrected chi connectivity index (χ2v) is 5.30. The number of piperazine rings is 1. The molecule has 0 saturated carbocycles. The van der Waals surface area contributed by atoms with Gasteiger partial charge in [0, 0.05) is 44.6 Å². The first-order valence-electron chi connectivity index (χ1n) is 6.73. The Bertz CT molecular complexity index is 341. The maximum Gasteiger partial charge on any atom is 0.0312 e. The van der Waals surface area contributed by atoms with E-state index in [1.807, 2.05) is 18.5 Å². The van der Waals surface area contributed by atoms with Crippen LogP contribution < -0.4 is 5.32 Å². The topological polar surface area (TPSA) is 31.4 Å². The summed E-state index contributed by atoms with van der Waals surface area (Å²) in [5.41, 5.74) is 1.29. The van der Waals surface area contributed by atoms with Crippen LogP contribution in [0, 0.1) is 0 Å². The van der Waals surface area contributed by atoms with Gasteiger partial charge in [0.25, 0.3) is 0 Å². The molecule has 1 aliphatic heterocycles. The van der Waals surface area contributed by atoms with Crippen molar-refractivity contribution in [3.05, 3.63) is 30.1 Å². The molecule has 18 heavy (non-hydrogen) atoms. The van der Waals surface area contributed by atoms with Crippen LogP contribution in [0.4, 0.5) is 0 Å². The Balaban J connectivity index is 1.70. The van der Waals surface area contributed by atoms with Crippen LogP contribution in [0.3, 0.4) is 0 Å². The Labute approximate surface area is 110 Å². The van der Waals surface area contributed by atoms with Crippen molar-refractivity contribution >= 4 is 0 Å². The van der Waals surface area contributed by atoms with Crippen LogP contribution in [0.2, 0.25) is 0 Å². The summed E-state index contributed by atoms with van der Waals surface area (Å²) in [6.45, 7) is 5.56. The number of likely N-dealkylation sites (N-methyl/N-ethyl adjacent to an activating group) is 1. The van der Waals surface area contributed by atoms with E-state index in [1.54, 1.807) is 0 Å². The first-order valence-corrected chi connectivity index (χ1v) is 6.73. The molecule has 0 aromatic carbocycles. The summed E-state index contributed by atoms with van der Waals surface area (Å²) in [7, 11) is 4.38. The molecule has 1 aliphatic rings. The molecule has 0 aliphatic carbocycles. The van der Waals surface area contributed by atoms with E-state index in [-0.39, 0.29) is 0 Å². The van der Waals surface area contributed by atoms with E-state index in [1.165, 1.54) is 25.1 Å². The molecule has 1 aromatic heterocycles. The van der Waals surface area contributed by atoms with Crippen molar-refractivity contribution in [2.24, 2.45) is 0 Å². The molecule has 4 nitrogen and oxygen atoms in total. The third-order valence-electron chi connectivity index (χ3n) is 3.49. The molecule has 2 heterocycles. The van der Waals surface area contributed by atoms with Crippen molar-refractivity contribution in [2.45, 2.75) is 19.0 Å². The van der Waals surface area contributed by atoms with Gasteiger partial charge in [-0.25, -0.2) is 0 Å². The normalized spacial score (nSPS) is 21.4. The number of nitrogens with zero attached hydrogens (tertiary/aromatic N) is 3. The maximum absolute atomic E-state index is 4.15. The summed E-state index contributed by atoms with van der Waals surface area (Å²) in [5, 5.41) is 3.59. The largest absolute Gasteiger partial charge is 0.311 e. The molecule has 1 fully saturated rings. The number of nitrogens with one attached hydrogen (secondary N) is 1. The monoisotopic (exact) mass is 248 g/mol. The van der Waals surface area contributed by atoms with Crippen LogP contribution in [0.5, 0.6) is 0 Å². The van der Waals surface area contributed by atoms with Gasteiger partial charge < -0.3 is 15.1 Å². The van der Waals surface area contributed by atoms with Gasteiger partial charge in [-0.1, -0.05) is 6.07 Å². The first-order chi connectivity index (χ1) is 8.74.